The molecule has 1 aliphatic rings. The number of hydrogen-bond donors (Lipinski definition) is 2. The lowest BCUT2D eigenvalue weighted by atomic mass is 9.90. The van der Waals surface area contributed by atoms with Crippen LogP contribution in [0.2, 0.25) is 0 Å². The summed E-state index contributed by atoms with van der Waals surface area (Å²) in [6, 6.07) is 3.74. The molecule has 0 radical (unpaired) electrons. The Bertz CT molecular complexity index is 854. The molecule has 2 N–H and O–H groups in total. The van der Waals surface area contributed by atoms with E-state index in [1.165, 1.54) is 54.7 Å². The average Bonchev–Trinajstić information content (AvgIpc) is 3.21. The zero-order valence-electron chi connectivity index (χ0n) is 17.1. The molecule has 0 saturated heterocycles. The molecule has 1 atom stereocenters. The van der Waals surface area contributed by atoms with Crippen molar-refractivity contribution in [2.75, 3.05) is 25.5 Å². The number of aliphatic hydroxyl groups excluding tert-OH is 1. The summed E-state index contributed by atoms with van der Waals surface area (Å²) >= 11 is 1.37. The van der Waals surface area contributed by atoms with Crippen LogP contribution in [-0.4, -0.2) is 52.5 Å². The fourth-order valence-electron chi connectivity index (χ4n) is 3.37. The van der Waals surface area contributed by atoms with Gasteiger partial charge in [0.2, 0.25) is 5.13 Å². The third-order valence-electron chi connectivity index (χ3n) is 5.06. The Morgan fingerprint density at radius 3 is 2.58 bits per heavy atom. The van der Waals surface area contributed by atoms with Crippen molar-refractivity contribution in [3.8, 4) is 5.75 Å². The van der Waals surface area contributed by atoms with E-state index in [1.807, 2.05) is 0 Å². The molecule has 2 aromatic rings. The number of ether oxygens (including phenoxy) is 1. The van der Waals surface area contributed by atoms with E-state index in [-0.39, 0.29) is 18.9 Å². The monoisotopic (exact) mass is 458 g/mol. The standard InChI is InChI=1S/C20H25F3N4O3S/c1-27(11-15(28)12-30-16-9-7-14(8-10-16)20(21,22)23)19(29)24-18-26-25-17(31-18)13-5-3-2-4-6-13/h7-10,13,15,28H,2-6,11-12H2,1H3,(H,24,26,29). The molecule has 1 heterocycles. The van der Waals surface area contributed by atoms with Crippen LogP contribution < -0.4 is 10.1 Å². The number of halogens is 3. The maximum Gasteiger partial charge on any atom is 0.416 e. The van der Waals surface area contributed by atoms with Crippen molar-refractivity contribution in [1.29, 1.82) is 0 Å². The van der Waals surface area contributed by atoms with Gasteiger partial charge in [0.1, 0.15) is 23.5 Å². The Hall–Kier alpha value is -2.40. The lowest BCUT2D eigenvalue weighted by Crippen LogP contribution is -2.39. The van der Waals surface area contributed by atoms with Gasteiger partial charge in [0.05, 0.1) is 12.1 Å². The van der Waals surface area contributed by atoms with E-state index in [0.29, 0.717) is 11.0 Å². The molecule has 31 heavy (non-hydrogen) atoms. The number of aliphatic hydroxyl groups is 1. The van der Waals surface area contributed by atoms with Gasteiger partial charge in [-0.2, -0.15) is 13.2 Å². The summed E-state index contributed by atoms with van der Waals surface area (Å²) in [5.74, 6) is 0.599. The van der Waals surface area contributed by atoms with E-state index < -0.39 is 23.9 Å². The van der Waals surface area contributed by atoms with Crippen molar-refractivity contribution in [3.63, 3.8) is 0 Å². The smallest absolute Gasteiger partial charge is 0.416 e. The number of urea groups is 1. The first-order chi connectivity index (χ1) is 14.7. The maximum atomic E-state index is 12.6. The van der Waals surface area contributed by atoms with Crippen LogP contribution in [0.5, 0.6) is 5.75 Å². The van der Waals surface area contributed by atoms with Crippen LogP contribution in [-0.2, 0) is 6.18 Å². The Kier molecular flexibility index (Phi) is 7.71. The van der Waals surface area contributed by atoms with Crippen molar-refractivity contribution in [1.82, 2.24) is 15.1 Å². The normalized spacial score (nSPS) is 16.0. The van der Waals surface area contributed by atoms with Gasteiger partial charge in [-0.25, -0.2) is 4.79 Å². The van der Waals surface area contributed by atoms with E-state index in [9.17, 15) is 23.1 Å². The van der Waals surface area contributed by atoms with Crippen LogP contribution in [0.4, 0.5) is 23.1 Å². The van der Waals surface area contributed by atoms with Crippen LogP contribution in [0.3, 0.4) is 0 Å². The summed E-state index contributed by atoms with van der Waals surface area (Å²) in [6.07, 6.45) is 0.348. The van der Waals surface area contributed by atoms with Gasteiger partial charge in [0, 0.05) is 13.0 Å². The number of nitrogens with zero attached hydrogens (tertiary/aromatic N) is 3. The highest BCUT2D eigenvalue weighted by atomic mass is 32.1. The van der Waals surface area contributed by atoms with E-state index in [2.05, 4.69) is 15.5 Å². The molecular formula is C20H25F3N4O3S. The fraction of sp³-hybridized carbons (Fsp3) is 0.550. The van der Waals surface area contributed by atoms with Crippen LogP contribution in [0.15, 0.2) is 24.3 Å². The van der Waals surface area contributed by atoms with E-state index in [1.54, 1.807) is 0 Å². The third kappa shape index (κ3) is 6.79. The number of alkyl halides is 3. The summed E-state index contributed by atoms with van der Waals surface area (Å²) in [7, 11) is 1.51. The van der Waals surface area contributed by atoms with Crippen molar-refractivity contribution < 1.29 is 27.8 Å². The molecule has 1 fully saturated rings. The molecule has 0 aliphatic heterocycles. The lowest BCUT2D eigenvalue weighted by Gasteiger charge is -2.21. The van der Waals surface area contributed by atoms with Crippen LogP contribution in [0.1, 0.15) is 48.6 Å². The molecule has 7 nitrogen and oxygen atoms in total. The van der Waals surface area contributed by atoms with E-state index >= 15 is 0 Å². The van der Waals surface area contributed by atoms with Gasteiger partial charge in [0.25, 0.3) is 0 Å². The molecule has 1 aromatic carbocycles. The van der Waals surface area contributed by atoms with Gasteiger partial charge < -0.3 is 14.7 Å². The summed E-state index contributed by atoms with van der Waals surface area (Å²) in [5.41, 5.74) is -0.778. The SMILES string of the molecule is CN(CC(O)COc1ccc(C(F)(F)F)cc1)C(=O)Nc1nnc(C2CCCCC2)s1. The van der Waals surface area contributed by atoms with Gasteiger partial charge >= 0.3 is 12.2 Å². The number of amides is 2. The highest BCUT2D eigenvalue weighted by molar-refractivity contribution is 7.15. The summed E-state index contributed by atoms with van der Waals surface area (Å²) in [4.78, 5) is 13.6. The molecule has 1 aromatic heterocycles. The van der Waals surface area contributed by atoms with Crippen LogP contribution in [0.25, 0.3) is 0 Å². The highest BCUT2D eigenvalue weighted by Crippen LogP contribution is 2.35. The molecule has 2 amide bonds. The van der Waals surface area contributed by atoms with Crippen molar-refractivity contribution in [2.45, 2.75) is 50.3 Å². The maximum absolute atomic E-state index is 12.6. The van der Waals surface area contributed by atoms with E-state index in [0.717, 1.165) is 30.0 Å². The predicted octanol–water partition coefficient (Wildman–Crippen LogP) is 4.51. The molecule has 1 unspecified atom stereocenters. The Labute approximate surface area is 182 Å². The summed E-state index contributed by atoms with van der Waals surface area (Å²) in [6.45, 7) is -0.200. The van der Waals surface area contributed by atoms with Crippen molar-refractivity contribution >= 4 is 22.5 Å². The van der Waals surface area contributed by atoms with Gasteiger partial charge in [-0.3, -0.25) is 5.32 Å². The van der Waals surface area contributed by atoms with E-state index in [4.69, 9.17) is 4.74 Å². The highest BCUT2D eigenvalue weighted by Gasteiger charge is 2.30. The quantitative estimate of drug-likeness (QED) is 0.638. The number of hydrogen-bond acceptors (Lipinski definition) is 6. The number of carbonyl (C=O) groups is 1. The second-order valence-electron chi connectivity index (χ2n) is 7.58. The minimum Gasteiger partial charge on any atom is -0.491 e. The number of likely N-dealkylation sites (N-methyl/N-ethyl adjacent to an activating group) is 1. The van der Waals surface area contributed by atoms with Crippen molar-refractivity contribution in [3.05, 3.63) is 34.8 Å². The average molecular weight is 459 g/mol. The minimum absolute atomic E-state index is 0.0270. The first kappa shape index (κ1) is 23.3. The van der Waals surface area contributed by atoms with Crippen LogP contribution >= 0.6 is 11.3 Å². The number of benzene rings is 1. The molecule has 3 rings (SSSR count). The second-order valence-corrected chi connectivity index (χ2v) is 8.59. The number of carbonyl (C=O) groups excluding carboxylic acids is 1. The summed E-state index contributed by atoms with van der Waals surface area (Å²) < 4.78 is 43.0. The number of rotatable bonds is 7. The number of aromatic nitrogens is 2. The zero-order valence-corrected chi connectivity index (χ0v) is 17.9. The minimum atomic E-state index is -4.42. The lowest BCUT2D eigenvalue weighted by molar-refractivity contribution is -0.137. The zero-order chi connectivity index (χ0) is 22.4. The Balaban J connectivity index is 1.43. The van der Waals surface area contributed by atoms with Gasteiger partial charge in [-0.05, 0) is 37.1 Å². The fourth-order valence-corrected chi connectivity index (χ4v) is 4.27. The van der Waals surface area contributed by atoms with Gasteiger partial charge in [-0.15, -0.1) is 10.2 Å². The molecular weight excluding hydrogens is 433 g/mol. The van der Waals surface area contributed by atoms with Gasteiger partial charge in [0.15, 0.2) is 0 Å². The number of nitrogens with one attached hydrogen (secondary N) is 1. The van der Waals surface area contributed by atoms with Crippen molar-refractivity contribution in [2.24, 2.45) is 0 Å². The molecule has 0 bridgehead atoms. The van der Waals surface area contributed by atoms with Gasteiger partial charge in [-0.1, -0.05) is 30.6 Å². The van der Waals surface area contributed by atoms with Crippen LogP contribution in [0, 0.1) is 0 Å². The Morgan fingerprint density at radius 2 is 1.94 bits per heavy atom. The molecule has 1 saturated carbocycles. The third-order valence-corrected chi connectivity index (χ3v) is 6.07. The second kappa shape index (κ2) is 10.3. The largest absolute Gasteiger partial charge is 0.491 e. The Morgan fingerprint density at radius 1 is 1.26 bits per heavy atom. The first-order valence-corrected chi connectivity index (χ1v) is 10.9. The number of anilines is 1. The first-order valence-electron chi connectivity index (χ1n) is 10.1. The molecule has 0 spiro atoms. The molecule has 170 valence electrons. The summed E-state index contributed by atoms with van der Waals surface area (Å²) in [5, 5.41) is 22.3. The predicted molar refractivity (Wildman–Crippen MR) is 110 cm³/mol. The molecule has 1 aliphatic carbocycles. The topological polar surface area (TPSA) is 87.6 Å². The molecule has 11 heteroatoms.